The number of aromatic nitrogens is 1. The van der Waals surface area contributed by atoms with Crippen LogP contribution in [0.4, 0.5) is 5.69 Å². The van der Waals surface area contributed by atoms with Crippen LogP contribution in [-0.4, -0.2) is 48.6 Å². The lowest BCUT2D eigenvalue weighted by Gasteiger charge is -2.36. The number of carbonyl (C=O) groups is 1. The van der Waals surface area contributed by atoms with Crippen molar-refractivity contribution in [3.63, 3.8) is 0 Å². The molecule has 0 saturated carbocycles. The van der Waals surface area contributed by atoms with Gasteiger partial charge >= 0.3 is 0 Å². The first-order valence-corrected chi connectivity index (χ1v) is 11.9. The maximum atomic E-state index is 13.3. The SMILES string of the molecule is CCOc1cc(-c2cccc(Cl)c2)nc2ccc(C(=O)N3CCN(c4ccccc4)CC3)cc12. The minimum atomic E-state index is 0.0379. The Morgan fingerprint density at radius 1 is 0.941 bits per heavy atom. The molecule has 172 valence electrons. The molecule has 0 radical (unpaired) electrons. The number of carbonyl (C=O) groups excluding carboxylic acids is 1. The quantitative estimate of drug-likeness (QED) is 0.362. The minimum absolute atomic E-state index is 0.0379. The molecular weight excluding hydrogens is 446 g/mol. The molecule has 1 aliphatic rings. The van der Waals surface area contributed by atoms with Crippen molar-refractivity contribution in [3.8, 4) is 17.0 Å². The Balaban J connectivity index is 1.40. The fourth-order valence-electron chi connectivity index (χ4n) is 4.39. The summed E-state index contributed by atoms with van der Waals surface area (Å²) in [6.45, 7) is 5.49. The third kappa shape index (κ3) is 4.57. The molecule has 4 aromatic rings. The topological polar surface area (TPSA) is 45.7 Å². The number of anilines is 1. The van der Waals surface area contributed by atoms with Gasteiger partial charge in [0.15, 0.2) is 0 Å². The van der Waals surface area contributed by atoms with Crippen molar-refractivity contribution in [3.05, 3.63) is 89.4 Å². The van der Waals surface area contributed by atoms with Gasteiger partial charge in [-0.2, -0.15) is 0 Å². The van der Waals surface area contributed by atoms with Crippen molar-refractivity contribution in [1.82, 2.24) is 9.88 Å². The van der Waals surface area contributed by atoms with Crippen LogP contribution in [0.1, 0.15) is 17.3 Å². The van der Waals surface area contributed by atoms with E-state index in [4.69, 9.17) is 21.3 Å². The van der Waals surface area contributed by atoms with Gasteiger partial charge in [0.05, 0.1) is 17.8 Å². The number of piperazine rings is 1. The van der Waals surface area contributed by atoms with Crippen LogP contribution in [0.5, 0.6) is 5.75 Å². The smallest absolute Gasteiger partial charge is 0.254 e. The van der Waals surface area contributed by atoms with Crippen LogP contribution in [-0.2, 0) is 0 Å². The first-order valence-electron chi connectivity index (χ1n) is 11.5. The maximum Gasteiger partial charge on any atom is 0.254 e. The Kier molecular flexibility index (Phi) is 6.37. The van der Waals surface area contributed by atoms with E-state index in [1.807, 2.05) is 78.6 Å². The zero-order valence-electron chi connectivity index (χ0n) is 19.1. The Morgan fingerprint density at radius 2 is 1.74 bits per heavy atom. The van der Waals surface area contributed by atoms with Gasteiger partial charge in [0.25, 0.3) is 5.91 Å². The van der Waals surface area contributed by atoms with Crippen LogP contribution in [0.3, 0.4) is 0 Å². The van der Waals surface area contributed by atoms with Crippen LogP contribution in [0, 0.1) is 0 Å². The average Bonchev–Trinajstić information content (AvgIpc) is 2.89. The molecular formula is C28H26ClN3O2. The summed E-state index contributed by atoms with van der Waals surface area (Å²) >= 11 is 6.18. The van der Waals surface area contributed by atoms with Crippen molar-refractivity contribution in [2.45, 2.75) is 6.92 Å². The molecule has 0 spiro atoms. The van der Waals surface area contributed by atoms with E-state index in [9.17, 15) is 4.79 Å². The number of ether oxygens (including phenoxy) is 1. The summed E-state index contributed by atoms with van der Waals surface area (Å²) in [5.74, 6) is 0.752. The van der Waals surface area contributed by atoms with Crippen LogP contribution in [0.25, 0.3) is 22.2 Å². The molecule has 34 heavy (non-hydrogen) atoms. The molecule has 3 aromatic carbocycles. The van der Waals surface area contributed by atoms with Gasteiger partial charge in [0.2, 0.25) is 0 Å². The second-order valence-electron chi connectivity index (χ2n) is 8.30. The van der Waals surface area contributed by atoms with Gasteiger partial charge in [-0.3, -0.25) is 4.79 Å². The van der Waals surface area contributed by atoms with Crippen molar-refractivity contribution in [2.75, 3.05) is 37.7 Å². The molecule has 0 bridgehead atoms. The van der Waals surface area contributed by atoms with Crippen molar-refractivity contribution in [1.29, 1.82) is 0 Å². The van der Waals surface area contributed by atoms with Crippen molar-refractivity contribution >= 4 is 34.1 Å². The summed E-state index contributed by atoms with van der Waals surface area (Å²) in [5, 5.41) is 1.49. The lowest BCUT2D eigenvalue weighted by molar-refractivity contribution is 0.0747. The molecule has 5 rings (SSSR count). The first-order chi connectivity index (χ1) is 16.6. The number of halogens is 1. The van der Waals surface area contributed by atoms with Gasteiger partial charge < -0.3 is 14.5 Å². The Hall–Kier alpha value is -3.57. The van der Waals surface area contributed by atoms with Gasteiger partial charge in [-0.15, -0.1) is 0 Å². The number of hydrogen-bond acceptors (Lipinski definition) is 4. The normalized spacial score (nSPS) is 13.8. The van der Waals surface area contributed by atoms with Crippen LogP contribution in [0.15, 0.2) is 78.9 Å². The van der Waals surface area contributed by atoms with E-state index >= 15 is 0 Å². The van der Waals surface area contributed by atoms with E-state index < -0.39 is 0 Å². The molecule has 1 aliphatic heterocycles. The zero-order chi connectivity index (χ0) is 23.5. The average molecular weight is 472 g/mol. The molecule has 1 amide bonds. The Morgan fingerprint density at radius 3 is 2.47 bits per heavy atom. The predicted molar refractivity (Wildman–Crippen MR) is 138 cm³/mol. The van der Waals surface area contributed by atoms with E-state index in [0.29, 0.717) is 36.0 Å². The summed E-state index contributed by atoms with van der Waals surface area (Å²) in [7, 11) is 0. The second kappa shape index (κ2) is 9.74. The standard InChI is InChI=1S/C28H26ClN3O2/c1-2-34-27-19-26(20-7-6-8-22(29)17-20)30-25-12-11-21(18-24(25)27)28(33)32-15-13-31(14-16-32)23-9-4-3-5-10-23/h3-12,17-19H,2,13-16H2,1H3. The highest BCUT2D eigenvalue weighted by Gasteiger charge is 2.23. The summed E-state index contributed by atoms with van der Waals surface area (Å²) in [6, 6.07) is 25.5. The highest BCUT2D eigenvalue weighted by Crippen LogP contribution is 2.32. The molecule has 6 heteroatoms. The molecule has 0 unspecified atom stereocenters. The van der Waals surface area contributed by atoms with Crippen LogP contribution < -0.4 is 9.64 Å². The number of pyridine rings is 1. The number of para-hydroxylation sites is 1. The summed E-state index contributed by atoms with van der Waals surface area (Å²) in [6.07, 6.45) is 0. The van der Waals surface area contributed by atoms with Gasteiger partial charge in [-0.05, 0) is 49.4 Å². The first kappa shape index (κ1) is 22.2. The van der Waals surface area contributed by atoms with Crippen LogP contribution >= 0.6 is 11.6 Å². The van der Waals surface area contributed by atoms with E-state index in [-0.39, 0.29) is 5.91 Å². The summed E-state index contributed by atoms with van der Waals surface area (Å²) < 4.78 is 5.95. The van der Waals surface area contributed by atoms with E-state index in [2.05, 4.69) is 17.0 Å². The van der Waals surface area contributed by atoms with Crippen molar-refractivity contribution < 1.29 is 9.53 Å². The van der Waals surface area contributed by atoms with Crippen molar-refractivity contribution in [2.24, 2.45) is 0 Å². The number of amides is 1. The number of fused-ring (bicyclic) bond motifs is 1. The predicted octanol–water partition coefficient (Wildman–Crippen LogP) is 5.92. The Bertz CT molecular complexity index is 1320. The van der Waals surface area contributed by atoms with E-state index in [1.165, 1.54) is 5.69 Å². The molecule has 1 fully saturated rings. The van der Waals surface area contributed by atoms with E-state index in [1.54, 1.807) is 0 Å². The van der Waals surface area contributed by atoms with Gasteiger partial charge in [0, 0.05) is 59.5 Å². The highest BCUT2D eigenvalue weighted by molar-refractivity contribution is 6.30. The number of rotatable bonds is 5. The van der Waals surface area contributed by atoms with Crippen LogP contribution in [0.2, 0.25) is 5.02 Å². The highest BCUT2D eigenvalue weighted by atomic mass is 35.5. The molecule has 2 heterocycles. The monoisotopic (exact) mass is 471 g/mol. The van der Waals surface area contributed by atoms with Gasteiger partial charge in [-0.1, -0.05) is 41.9 Å². The number of benzene rings is 3. The lowest BCUT2D eigenvalue weighted by Crippen LogP contribution is -2.48. The maximum absolute atomic E-state index is 13.3. The van der Waals surface area contributed by atoms with Gasteiger partial charge in [0.1, 0.15) is 5.75 Å². The van der Waals surface area contributed by atoms with Gasteiger partial charge in [-0.25, -0.2) is 4.98 Å². The summed E-state index contributed by atoms with van der Waals surface area (Å²) in [4.78, 5) is 22.4. The second-order valence-corrected chi connectivity index (χ2v) is 8.73. The number of nitrogens with zero attached hydrogens (tertiary/aromatic N) is 3. The largest absolute Gasteiger partial charge is 0.493 e. The molecule has 0 N–H and O–H groups in total. The molecule has 0 aliphatic carbocycles. The summed E-state index contributed by atoms with van der Waals surface area (Å²) in [5.41, 5.74) is 4.34. The zero-order valence-corrected chi connectivity index (χ0v) is 19.8. The fourth-order valence-corrected chi connectivity index (χ4v) is 4.58. The molecule has 5 nitrogen and oxygen atoms in total. The lowest BCUT2D eigenvalue weighted by atomic mass is 10.1. The third-order valence-corrected chi connectivity index (χ3v) is 6.36. The molecule has 1 saturated heterocycles. The minimum Gasteiger partial charge on any atom is -0.493 e. The molecule has 0 atom stereocenters. The van der Waals surface area contributed by atoms with E-state index in [0.717, 1.165) is 35.2 Å². The fraction of sp³-hybridized carbons (Fsp3) is 0.214. The molecule has 1 aromatic heterocycles. The third-order valence-electron chi connectivity index (χ3n) is 6.13. The Labute approximate surface area is 204 Å². The number of hydrogen-bond donors (Lipinski definition) is 0.